The van der Waals surface area contributed by atoms with E-state index in [1.165, 1.54) is 31.4 Å². The molecule has 0 bridgehead atoms. The lowest BCUT2D eigenvalue weighted by molar-refractivity contribution is 0.479. The normalized spacial score (nSPS) is 15.3. The van der Waals surface area contributed by atoms with Crippen LogP contribution in [0.2, 0.25) is 0 Å². The van der Waals surface area contributed by atoms with E-state index in [0.29, 0.717) is 0 Å². The third-order valence-corrected chi connectivity index (χ3v) is 3.86. The van der Waals surface area contributed by atoms with Crippen LogP contribution in [0.1, 0.15) is 44.2 Å². The first kappa shape index (κ1) is 13.4. The van der Waals surface area contributed by atoms with E-state index in [-0.39, 0.29) is 5.54 Å². The minimum atomic E-state index is -0.0809. The Labute approximate surface area is 111 Å². The fourth-order valence-electron chi connectivity index (χ4n) is 2.54. The molecule has 100 valence electrons. The number of fused-ring (bicyclic) bond motifs is 1. The first-order valence-electron chi connectivity index (χ1n) is 7.07. The second-order valence-electron chi connectivity index (χ2n) is 6.32. The van der Waals surface area contributed by atoms with Crippen molar-refractivity contribution in [2.45, 2.75) is 51.5 Å². The molecule has 0 unspecified atom stereocenters. The predicted molar refractivity (Wildman–Crippen MR) is 79.2 cm³/mol. The summed E-state index contributed by atoms with van der Waals surface area (Å²) in [4.78, 5) is 2.32. The monoisotopic (exact) mass is 246 g/mol. The summed E-state index contributed by atoms with van der Waals surface area (Å²) >= 11 is 0. The van der Waals surface area contributed by atoms with Crippen molar-refractivity contribution >= 4 is 5.69 Å². The molecular formula is C16H26N2. The third-order valence-electron chi connectivity index (χ3n) is 3.86. The maximum Gasteiger partial charge on any atom is 0.0366 e. The molecule has 0 saturated heterocycles. The molecule has 0 saturated carbocycles. The van der Waals surface area contributed by atoms with Gasteiger partial charge in [-0.25, -0.2) is 0 Å². The van der Waals surface area contributed by atoms with Crippen molar-refractivity contribution in [3.05, 3.63) is 29.3 Å². The van der Waals surface area contributed by atoms with Crippen LogP contribution in [0.4, 0.5) is 5.69 Å². The Morgan fingerprint density at radius 1 is 1.17 bits per heavy atom. The minimum Gasteiger partial charge on any atom is -0.375 e. The first-order valence-corrected chi connectivity index (χ1v) is 7.07. The van der Waals surface area contributed by atoms with Crippen molar-refractivity contribution in [2.24, 2.45) is 5.73 Å². The van der Waals surface area contributed by atoms with E-state index in [1.807, 2.05) is 0 Å². The zero-order valence-electron chi connectivity index (χ0n) is 12.0. The van der Waals surface area contributed by atoms with E-state index in [0.717, 1.165) is 13.0 Å². The molecule has 1 aromatic rings. The molecule has 2 rings (SSSR count). The van der Waals surface area contributed by atoms with Gasteiger partial charge in [0.15, 0.2) is 0 Å². The van der Waals surface area contributed by atoms with Gasteiger partial charge in [-0.2, -0.15) is 0 Å². The number of hydrogen-bond acceptors (Lipinski definition) is 2. The number of nitrogens with two attached hydrogens (primary N) is 1. The molecule has 0 radical (unpaired) electrons. The van der Waals surface area contributed by atoms with E-state index in [9.17, 15) is 0 Å². The van der Waals surface area contributed by atoms with E-state index >= 15 is 0 Å². The summed E-state index contributed by atoms with van der Waals surface area (Å²) in [7, 11) is 2.16. The zero-order chi connectivity index (χ0) is 13.2. The number of nitrogens with zero attached hydrogens (tertiary/aromatic N) is 1. The lowest BCUT2D eigenvalue weighted by Gasteiger charge is -2.26. The van der Waals surface area contributed by atoms with E-state index < -0.39 is 0 Å². The van der Waals surface area contributed by atoms with Crippen molar-refractivity contribution in [2.75, 3.05) is 18.5 Å². The first-order chi connectivity index (χ1) is 8.46. The number of rotatable bonds is 4. The Morgan fingerprint density at radius 2 is 1.83 bits per heavy atom. The molecular weight excluding hydrogens is 220 g/mol. The Bertz CT molecular complexity index is 404. The van der Waals surface area contributed by atoms with Crippen LogP contribution in [-0.4, -0.2) is 19.1 Å². The summed E-state index contributed by atoms with van der Waals surface area (Å²) < 4.78 is 0. The van der Waals surface area contributed by atoms with Crippen LogP contribution < -0.4 is 10.6 Å². The van der Waals surface area contributed by atoms with Gasteiger partial charge in [0.1, 0.15) is 0 Å². The van der Waals surface area contributed by atoms with Gasteiger partial charge in [-0.3, -0.25) is 0 Å². The van der Waals surface area contributed by atoms with Crippen LogP contribution in [-0.2, 0) is 12.8 Å². The Balaban J connectivity index is 2.04. The van der Waals surface area contributed by atoms with Crippen molar-refractivity contribution < 1.29 is 0 Å². The zero-order valence-corrected chi connectivity index (χ0v) is 12.0. The van der Waals surface area contributed by atoms with Crippen LogP contribution >= 0.6 is 0 Å². The number of anilines is 1. The molecule has 1 aliphatic carbocycles. The highest BCUT2D eigenvalue weighted by atomic mass is 15.1. The third kappa shape index (κ3) is 3.49. The van der Waals surface area contributed by atoms with Crippen LogP contribution in [0.25, 0.3) is 0 Å². The van der Waals surface area contributed by atoms with Crippen LogP contribution in [0, 0.1) is 0 Å². The smallest absolute Gasteiger partial charge is 0.0366 e. The number of benzene rings is 1. The molecule has 1 aromatic carbocycles. The molecule has 0 atom stereocenters. The second kappa shape index (κ2) is 5.31. The van der Waals surface area contributed by atoms with Crippen LogP contribution in [0.3, 0.4) is 0 Å². The minimum absolute atomic E-state index is 0.0809. The molecule has 0 aromatic heterocycles. The molecule has 0 aliphatic heterocycles. The van der Waals surface area contributed by atoms with E-state index in [4.69, 9.17) is 5.73 Å². The maximum atomic E-state index is 6.05. The lowest BCUT2D eigenvalue weighted by atomic mass is 9.91. The van der Waals surface area contributed by atoms with Gasteiger partial charge in [0, 0.05) is 24.8 Å². The van der Waals surface area contributed by atoms with Crippen LogP contribution in [0.15, 0.2) is 18.2 Å². The summed E-state index contributed by atoms with van der Waals surface area (Å²) in [6, 6.07) is 6.94. The van der Waals surface area contributed by atoms with Crippen LogP contribution in [0.5, 0.6) is 0 Å². The molecule has 18 heavy (non-hydrogen) atoms. The average Bonchev–Trinajstić information content (AvgIpc) is 2.34. The fourth-order valence-corrected chi connectivity index (χ4v) is 2.54. The van der Waals surface area contributed by atoms with Gasteiger partial charge in [-0.1, -0.05) is 6.07 Å². The predicted octanol–water partition coefficient (Wildman–Crippen LogP) is 3.13. The van der Waals surface area contributed by atoms with Gasteiger partial charge < -0.3 is 10.6 Å². The fraction of sp³-hybridized carbons (Fsp3) is 0.625. The van der Waals surface area contributed by atoms with Gasteiger partial charge >= 0.3 is 0 Å². The molecule has 2 heteroatoms. The lowest BCUT2D eigenvalue weighted by Crippen LogP contribution is -2.36. The van der Waals surface area contributed by atoms with Crippen molar-refractivity contribution in [1.29, 1.82) is 0 Å². The van der Waals surface area contributed by atoms with E-state index in [1.54, 1.807) is 11.1 Å². The molecule has 1 aliphatic rings. The quantitative estimate of drug-likeness (QED) is 0.884. The molecule has 0 spiro atoms. The van der Waals surface area contributed by atoms with Crippen molar-refractivity contribution in [3.63, 3.8) is 0 Å². The van der Waals surface area contributed by atoms with Crippen molar-refractivity contribution in [3.8, 4) is 0 Å². The summed E-state index contributed by atoms with van der Waals surface area (Å²) in [6.45, 7) is 5.20. The largest absolute Gasteiger partial charge is 0.375 e. The Kier molecular flexibility index (Phi) is 3.96. The topological polar surface area (TPSA) is 29.3 Å². The van der Waals surface area contributed by atoms with Gasteiger partial charge in [0.25, 0.3) is 0 Å². The number of hydrogen-bond donors (Lipinski definition) is 1. The summed E-state index contributed by atoms with van der Waals surface area (Å²) in [5.74, 6) is 0. The SMILES string of the molecule is CN(CCC(C)(C)N)c1ccc2c(c1)CCCC2. The molecule has 2 nitrogen and oxygen atoms in total. The molecule has 2 N–H and O–H groups in total. The van der Waals surface area contributed by atoms with E-state index in [2.05, 4.69) is 44.0 Å². The summed E-state index contributed by atoms with van der Waals surface area (Å²) in [6.07, 6.45) is 6.22. The van der Waals surface area contributed by atoms with Gasteiger partial charge in [0.2, 0.25) is 0 Å². The highest BCUT2D eigenvalue weighted by molar-refractivity contribution is 5.51. The Morgan fingerprint density at radius 3 is 2.50 bits per heavy atom. The number of aryl methyl sites for hydroxylation is 2. The standard InChI is InChI=1S/C16H26N2/c1-16(2,17)10-11-18(3)15-9-8-13-6-4-5-7-14(13)12-15/h8-9,12H,4-7,10-11,17H2,1-3H3. The van der Waals surface area contributed by atoms with Gasteiger partial charge in [-0.15, -0.1) is 0 Å². The highest BCUT2D eigenvalue weighted by Gasteiger charge is 2.14. The van der Waals surface area contributed by atoms with Crippen molar-refractivity contribution in [1.82, 2.24) is 0 Å². The summed E-state index contributed by atoms with van der Waals surface area (Å²) in [5, 5.41) is 0. The maximum absolute atomic E-state index is 6.05. The van der Waals surface area contributed by atoms with Gasteiger partial charge in [0.05, 0.1) is 0 Å². The molecule has 0 amide bonds. The van der Waals surface area contributed by atoms with Gasteiger partial charge in [-0.05, 0) is 69.2 Å². The Hall–Kier alpha value is -1.02. The molecule has 0 heterocycles. The average molecular weight is 246 g/mol. The summed E-state index contributed by atoms with van der Waals surface area (Å²) in [5.41, 5.74) is 10.4. The molecule has 0 fully saturated rings. The second-order valence-corrected chi connectivity index (χ2v) is 6.32. The highest BCUT2D eigenvalue weighted by Crippen LogP contribution is 2.26.